The van der Waals surface area contributed by atoms with Crippen molar-refractivity contribution in [2.24, 2.45) is 7.05 Å². The summed E-state index contributed by atoms with van der Waals surface area (Å²) in [4.78, 5) is 17.0. The Kier molecular flexibility index (Phi) is 2.66. The summed E-state index contributed by atoms with van der Waals surface area (Å²) in [6, 6.07) is 7.91. The number of benzene rings is 1. The molecule has 5 nitrogen and oxygen atoms in total. The van der Waals surface area contributed by atoms with E-state index in [9.17, 15) is 4.79 Å². The lowest BCUT2D eigenvalue weighted by molar-refractivity contribution is 0.0956. The van der Waals surface area contributed by atoms with Crippen LogP contribution in [-0.4, -0.2) is 26.6 Å². The molecule has 1 aromatic carbocycles. The molecular weight excluding hydrogens is 276 g/mol. The minimum absolute atomic E-state index is 0.0169. The molecule has 2 aromatic heterocycles. The van der Waals surface area contributed by atoms with E-state index >= 15 is 0 Å². The number of carbonyl (C=O) groups excluding carboxylic acids is 1. The van der Waals surface area contributed by atoms with Crippen LogP contribution >= 0.6 is 0 Å². The van der Waals surface area contributed by atoms with Crippen LogP contribution in [-0.2, 0) is 13.6 Å². The van der Waals surface area contributed by atoms with Gasteiger partial charge >= 0.3 is 0 Å². The predicted molar refractivity (Wildman–Crippen MR) is 85.9 cm³/mol. The van der Waals surface area contributed by atoms with Gasteiger partial charge in [-0.1, -0.05) is 6.07 Å². The van der Waals surface area contributed by atoms with Crippen LogP contribution < -0.4 is 5.32 Å². The third-order valence-corrected chi connectivity index (χ3v) is 4.65. The van der Waals surface area contributed by atoms with E-state index in [2.05, 4.69) is 41.4 Å². The van der Waals surface area contributed by atoms with Gasteiger partial charge in [-0.15, -0.1) is 0 Å². The molecule has 1 N–H and O–H groups in total. The summed E-state index contributed by atoms with van der Waals surface area (Å²) in [7, 11) is 2.07. The van der Waals surface area contributed by atoms with Crippen LogP contribution in [0.25, 0.3) is 22.4 Å². The molecule has 3 heterocycles. The summed E-state index contributed by atoms with van der Waals surface area (Å²) in [6.45, 7) is 5.56. The van der Waals surface area contributed by atoms with E-state index in [4.69, 9.17) is 4.98 Å². The Morgan fingerprint density at radius 2 is 2.05 bits per heavy atom. The topological polar surface area (TPSA) is 51.9 Å². The van der Waals surface area contributed by atoms with E-state index in [0.29, 0.717) is 12.1 Å². The number of para-hydroxylation sites is 1. The number of hydrogen-bond donors (Lipinski definition) is 1. The van der Waals surface area contributed by atoms with Crippen LogP contribution in [0.15, 0.2) is 24.3 Å². The smallest absolute Gasteiger partial charge is 0.253 e. The Balaban J connectivity index is 2.07. The summed E-state index contributed by atoms with van der Waals surface area (Å²) < 4.78 is 4.34. The first-order valence-corrected chi connectivity index (χ1v) is 7.48. The molecule has 1 amide bonds. The maximum atomic E-state index is 12.2. The van der Waals surface area contributed by atoms with Crippen molar-refractivity contribution in [1.29, 1.82) is 0 Å². The zero-order chi connectivity index (χ0) is 15.4. The van der Waals surface area contributed by atoms with Gasteiger partial charge in [0.1, 0.15) is 5.82 Å². The zero-order valence-corrected chi connectivity index (χ0v) is 13.0. The van der Waals surface area contributed by atoms with Crippen molar-refractivity contribution in [1.82, 2.24) is 19.4 Å². The fourth-order valence-corrected chi connectivity index (χ4v) is 3.25. The SMILES string of the molecule is Cc1cc(-c2nc3cccc4c3n2CCNC4=O)c(C)n1C. The van der Waals surface area contributed by atoms with Crippen LogP contribution in [0.3, 0.4) is 0 Å². The molecule has 0 saturated heterocycles. The quantitative estimate of drug-likeness (QED) is 0.749. The molecule has 1 aliphatic rings. The molecule has 112 valence electrons. The monoisotopic (exact) mass is 294 g/mol. The zero-order valence-electron chi connectivity index (χ0n) is 13.0. The van der Waals surface area contributed by atoms with E-state index in [0.717, 1.165) is 29.0 Å². The minimum atomic E-state index is -0.0169. The molecule has 22 heavy (non-hydrogen) atoms. The second kappa shape index (κ2) is 4.47. The first-order chi connectivity index (χ1) is 10.6. The maximum Gasteiger partial charge on any atom is 0.253 e. The molecule has 0 radical (unpaired) electrons. The predicted octanol–water partition coefficient (Wildman–Crippen LogP) is 2.40. The van der Waals surface area contributed by atoms with Crippen molar-refractivity contribution in [3.63, 3.8) is 0 Å². The average Bonchev–Trinajstić information content (AvgIpc) is 2.92. The van der Waals surface area contributed by atoms with Crippen LogP contribution in [0, 0.1) is 13.8 Å². The van der Waals surface area contributed by atoms with Crippen molar-refractivity contribution < 1.29 is 4.79 Å². The van der Waals surface area contributed by atoms with Gasteiger partial charge < -0.3 is 14.5 Å². The highest BCUT2D eigenvalue weighted by molar-refractivity contribution is 6.06. The van der Waals surface area contributed by atoms with Gasteiger partial charge in [0.15, 0.2) is 0 Å². The van der Waals surface area contributed by atoms with E-state index in [1.54, 1.807) is 0 Å². The lowest BCUT2D eigenvalue weighted by Gasteiger charge is -2.07. The first kappa shape index (κ1) is 13.1. The minimum Gasteiger partial charge on any atom is -0.351 e. The maximum absolute atomic E-state index is 12.2. The van der Waals surface area contributed by atoms with Gasteiger partial charge in [0.05, 0.1) is 16.6 Å². The van der Waals surface area contributed by atoms with Crippen molar-refractivity contribution in [3.8, 4) is 11.4 Å². The molecule has 0 spiro atoms. The number of amides is 1. The Bertz CT molecular complexity index is 917. The molecule has 3 aromatic rings. The van der Waals surface area contributed by atoms with E-state index in [1.165, 1.54) is 11.4 Å². The summed E-state index contributed by atoms with van der Waals surface area (Å²) in [5, 5.41) is 2.95. The van der Waals surface area contributed by atoms with Crippen LogP contribution in [0.2, 0.25) is 0 Å². The van der Waals surface area contributed by atoms with E-state index < -0.39 is 0 Å². The number of nitrogens with zero attached hydrogens (tertiary/aromatic N) is 3. The van der Waals surface area contributed by atoms with E-state index in [-0.39, 0.29) is 5.91 Å². The van der Waals surface area contributed by atoms with Crippen molar-refractivity contribution in [3.05, 3.63) is 41.2 Å². The highest BCUT2D eigenvalue weighted by Crippen LogP contribution is 2.31. The number of rotatable bonds is 1. The summed E-state index contributed by atoms with van der Waals surface area (Å²) in [6.07, 6.45) is 0. The molecule has 0 unspecified atom stereocenters. The number of nitrogens with one attached hydrogen (secondary N) is 1. The van der Waals surface area contributed by atoms with Crippen molar-refractivity contribution >= 4 is 16.9 Å². The van der Waals surface area contributed by atoms with Crippen molar-refractivity contribution in [2.45, 2.75) is 20.4 Å². The number of imidazole rings is 1. The molecule has 5 heteroatoms. The van der Waals surface area contributed by atoms with Crippen LogP contribution in [0.5, 0.6) is 0 Å². The Morgan fingerprint density at radius 1 is 1.23 bits per heavy atom. The molecule has 0 saturated carbocycles. The van der Waals surface area contributed by atoms with E-state index in [1.807, 2.05) is 18.2 Å². The second-order valence-corrected chi connectivity index (χ2v) is 5.86. The third kappa shape index (κ3) is 1.65. The number of carbonyl (C=O) groups is 1. The third-order valence-electron chi connectivity index (χ3n) is 4.65. The molecular formula is C17H18N4O. The second-order valence-electron chi connectivity index (χ2n) is 5.86. The molecule has 0 aliphatic carbocycles. The van der Waals surface area contributed by atoms with Gasteiger partial charge in [0.25, 0.3) is 5.91 Å². The first-order valence-electron chi connectivity index (χ1n) is 7.48. The molecule has 0 fully saturated rings. The fourth-order valence-electron chi connectivity index (χ4n) is 3.25. The highest BCUT2D eigenvalue weighted by Gasteiger charge is 2.23. The largest absolute Gasteiger partial charge is 0.351 e. The number of aryl methyl sites for hydroxylation is 1. The van der Waals surface area contributed by atoms with Gasteiger partial charge in [0, 0.05) is 37.1 Å². The standard InChI is InChI=1S/C17H18N4O/c1-10-9-13(11(2)20(10)3)16-19-14-6-4-5-12-15(14)21(16)8-7-18-17(12)22/h4-6,9H,7-8H2,1-3H3,(H,18,22). The Labute approximate surface area is 128 Å². The Hall–Kier alpha value is -2.56. The fraction of sp³-hybridized carbons (Fsp3) is 0.294. The van der Waals surface area contributed by atoms with Gasteiger partial charge in [-0.05, 0) is 32.0 Å². The summed E-state index contributed by atoms with van der Waals surface area (Å²) in [5.41, 5.74) is 6.05. The molecule has 0 bridgehead atoms. The average molecular weight is 294 g/mol. The lowest BCUT2D eigenvalue weighted by Crippen LogP contribution is -2.24. The number of hydrogen-bond acceptors (Lipinski definition) is 2. The van der Waals surface area contributed by atoms with Crippen LogP contribution in [0.4, 0.5) is 0 Å². The molecule has 4 rings (SSSR count). The molecule has 0 atom stereocenters. The van der Waals surface area contributed by atoms with Gasteiger partial charge in [-0.25, -0.2) is 4.98 Å². The van der Waals surface area contributed by atoms with Gasteiger partial charge in [0.2, 0.25) is 0 Å². The Morgan fingerprint density at radius 3 is 2.77 bits per heavy atom. The summed E-state index contributed by atoms with van der Waals surface area (Å²) in [5.74, 6) is 0.928. The van der Waals surface area contributed by atoms with Crippen LogP contribution in [0.1, 0.15) is 21.7 Å². The lowest BCUT2D eigenvalue weighted by atomic mass is 10.1. The van der Waals surface area contributed by atoms with Gasteiger partial charge in [-0.3, -0.25) is 4.79 Å². The van der Waals surface area contributed by atoms with Gasteiger partial charge in [-0.2, -0.15) is 0 Å². The molecule has 1 aliphatic heterocycles. The number of aromatic nitrogens is 3. The van der Waals surface area contributed by atoms with Crippen molar-refractivity contribution in [2.75, 3.05) is 6.54 Å². The summed E-state index contributed by atoms with van der Waals surface area (Å²) >= 11 is 0. The normalized spacial score (nSPS) is 14.2. The highest BCUT2D eigenvalue weighted by atomic mass is 16.1.